The van der Waals surface area contributed by atoms with Crippen molar-refractivity contribution in [3.05, 3.63) is 32.2 Å². The number of hydrogen-bond donors (Lipinski definition) is 1. The fourth-order valence-electron chi connectivity index (χ4n) is 1.14. The van der Waals surface area contributed by atoms with Crippen molar-refractivity contribution in [2.24, 2.45) is 5.73 Å². The van der Waals surface area contributed by atoms with E-state index in [1.165, 1.54) is 0 Å². The van der Waals surface area contributed by atoms with Gasteiger partial charge in [-0.15, -0.1) is 22.7 Å². The third-order valence-electron chi connectivity index (χ3n) is 1.77. The molecule has 2 rings (SSSR count). The number of aromatic nitrogens is 2. The van der Waals surface area contributed by atoms with Crippen LogP contribution >= 0.6 is 22.7 Å². The van der Waals surface area contributed by atoms with Gasteiger partial charge < -0.3 is 5.73 Å². The molecule has 0 saturated carbocycles. The second-order valence-corrected chi connectivity index (χ2v) is 5.13. The minimum absolute atomic E-state index is 0.578. The van der Waals surface area contributed by atoms with Crippen LogP contribution in [-0.4, -0.2) is 9.97 Å². The smallest absolute Gasteiger partial charge is 0.0996 e. The summed E-state index contributed by atoms with van der Waals surface area (Å²) in [6.07, 6.45) is 2.68. The number of nitrogens with zero attached hydrogens (tertiary/aromatic N) is 2. The Morgan fingerprint density at radius 2 is 2.29 bits per heavy atom. The maximum absolute atomic E-state index is 5.52. The summed E-state index contributed by atoms with van der Waals surface area (Å²) in [5, 5.41) is 4.28. The van der Waals surface area contributed by atoms with Crippen molar-refractivity contribution in [3.8, 4) is 0 Å². The molecule has 74 valence electrons. The van der Waals surface area contributed by atoms with Crippen LogP contribution in [0.25, 0.3) is 0 Å². The molecule has 5 heteroatoms. The van der Waals surface area contributed by atoms with Crippen molar-refractivity contribution in [2.75, 3.05) is 0 Å². The molecule has 0 saturated heterocycles. The predicted molar refractivity (Wildman–Crippen MR) is 59.7 cm³/mol. The van der Waals surface area contributed by atoms with E-state index >= 15 is 0 Å². The summed E-state index contributed by atoms with van der Waals surface area (Å²) in [6, 6.07) is 0. The molecule has 0 atom stereocenters. The molecule has 14 heavy (non-hydrogen) atoms. The lowest BCUT2D eigenvalue weighted by atomic mass is 10.4. The molecule has 0 aliphatic heterocycles. The van der Waals surface area contributed by atoms with Gasteiger partial charge in [-0.05, 0) is 6.92 Å². The number of hydrogen-bond acceptors (Lipinski definition) is 5. The van der Waals surface area contributed by atoms with E-state index in [0.29, 0.717) is 6.54 Å². The molecule has 0 bridgehead atoms. The van der Waals surface area contributed by atoms with Crippen LogP contribution in [0.4, 0.5) is 0 Å². The lowest BCUT2D eigenvalue weighted by molar-refractivity contribution is 1.07. The van der Waals surface area contributed by atoms with Gasteiger partial charge in [-0.2, -0.15) is 0 Å². The Balaban J connectivity index is 2.10. The van der Waals surface area contributed by atoms with E-state index in [0.717, 1.165) is 27.0 Å². The zero-order valence-electron chi connectivity index (χ0n) is 7.86. The molecule has 0 aliphatic carbocycles. The van der Waals surface area contributed by atoms with Crippen molar-refractivity contribution in [1.82, 2.24) is 9.97 Å². The monoisotopic (exact) mass is 225 g/mol. The van der Waals surface area contributed by atoms with Crippen LogP contribution in [0.15, 0.2) is 11.6 Å². The molecule has 0 radical (unpaired) electrons. The van der Waals surface area contributed by atoms with Crippen LogP contribution < -0.4 is 5.73 Å². The largest absolute Gasteiger partial charge is 0.326 e. The van der Waals surface area contributed by atoms with Crippen molar-refractivity contribution in [3.63, 3.8) is 0 Å². The minimum Gasteiger partial charge on any atom is -0.326 e. The Labute approximate surface area is 90.6 Å². The third-order valence-corrected chi connectivity index (χ3v) is 3.76. The first-order valence-corrected chi connectivity index (χ1v) is 6.02. The normalized spacial score (nSPS) is 10.7. The van der Waals surface area contributed by atoms with Gasteiger partial charge >= 0.3 is 0 Å². The molecule has 2 N–H and O–H groups in total. The first-order chi connectivity index (χ1) is 6.78. The zero-order valence-corrected chi connectivity index (χ0v) is 9.49. The van der Waals surface area contributed by atoms with E-state index in [1.807, 2.05) is 13.1 Å². The number of rotatable bonds is 3. The first kappa shape index (κ1) is 9.76. The van der Waals surface area contributed by atoms with Crippen LogP contribution in [0.1, 0.15) is 20.6 Å². The highest BCUT2D eigenvalue weighted by molar-refractivity contribution is 7.12. The average molecular weight is 225 g/mol. The lowest BCUT2D eigenvalue weighted by Crippen LogP contribution is -1.91. The summed E-state index contributed by atoms with van der Waals surface area (Å²) in [4.78, 5) is 9.82. The zero-order chi connectivity index (χ0) is 9.97. The molecule has 0 unspecified atom stereocenters. The summed E-state index contributed by atoms with van der Waals surface area (Å²) >= 11 is 3.35. The summed E-state index contributed by atoms with van der Waals surface area (Å²) in [5.74, 6) is 0. The Bertz CT molecular complexity index is 419. The van der Waals surface area contributed by atoms with Crippen molar-refractivity contribution in [1.29, 1.82) is 0 Å². The van der Waals surface area contributed by atoms with Crippen LogP contribution in [-0.2, 0) is 13.0 Å². The number of nitrogens with two attached hydrogens (primary N) is 1. The molecule has 2 aromatic rings. The number of thiazole rings is 2. The summed E-state index contributed by atoms with van der Waals surface area (Å²) in [6.45, 7) is 2.59. The minimum atomic E-state index is 0.578. The quantitative estimate of drug-likeness (QED) is 0.868. The predicted octanol–water partition coefficient (Wildman–Crippen LogP) is 1.96. The van der Waals surface area contributed by atoms with Gasteiger partial charge in [0.25, 0.3) is 0 Å². The summed E-state index contributed by atoms with van der Waals surface area (Å²) in [7, 11) is 0. The fourth-order valence-corrected chi connectivity index (χ4v) is 2.81. The fraction of sp³-hybridized carbons (Fsp3) is 0.333. The van der Waals surface area contributed by atoms with Gasteiger partial charge in [-0.1, -0.05) is 0 Å². The molecule has 2 heterocycles. The highest BCUT2D eigenvalue weighted by Gasteiger charge is 2.04. The van der Waals surface area contributed by atoms with Crippen LogP contribution in [0.2, 0.25) is 0 Å². The SMILES string of the molecule is Cc1csc(Cc2ncc(CN)s2)n1. The van der Waals surface area contributed by atoms with E-state index in [-0.39, 0.29) is 0 Å². The Morgan fingerprint density at radius 3 is 2.86 bits per heavy atom. The molecule has 0 fully saturated rings. The van der Waals surface area contributed by atoms with Crippen molar-refractivity contribution in [2.45, 2.75) is 19.9 Å². The van der Waals surface area contributed by atoms with E-state index in [9.17, 15) is 0 Å². The second kappa shape index (κ2) is 4.16. The Kier molecular flexibility index (Phi) is 2.90. The van der Waals surface area contributed by atoms with Gasteiger partial charge in [0.05, 0.1) is 16.4 Å². The summed E-state index contributed by atoms with van der Waals surface area (Å²) in [5.41, 5.74) is 6.60. The first-order valence-electron chi connectivity index (χ1n) is 4.32. The molecule has 0 spiro atoms. The molecule has 2 aromatic heterocycles. The second-order valence-electron chi connectivity index (χ2n) is 2.98. The lowest BCUT2D eigenvalue weighted by Gasteiger charge is -1.89. The average Bonchev–Trinajstić information content (AvgIpc) is 2.76. The van der Waals surface area contributed by atoms with E-state index < -0.39 is 0 Å². The van der Waals surface area contributed by atoms with Gasteiger partial charge in [0.15, 0.2) is 0 Å². The third kappa shape index (κ3) is 2.17. The highest BCUT2D eigenvalue weighted by atomic mass is 32.1. The summed E-state index contributed by atoms with van der Waals surface area (Å²) < 4.78 is 0. The molecule has 3 nitrogen and oxygen atoms in total. The molecule has 0 aromatic carbocycles. The standard InChI is InChI=1S/C9H11N3S2/c1-6-5-13-9(12-6)2-8-11-4-7(3-10)14-8/h4-5H,2-3,10H2,1H3. The van der Waals surface area contributed by atoms with Crippen LogP contribution in [0.3, 0.4) is 0 Å². The van der Waals surface area contributed by atoms with E-state index in [1.54, 1.807) is 22.7 Å². The topological polar surface area (TPSA) is 51.8 Å². The van der Waals surface area contributed by atoms with Crippen LogP contribution in [0.5, 0.6) is 0 Å². The van der Waals surface area contributed by atoms with Crippen molar-refractivity contribution >= 4 is 22.7 Å². The highest BCUT2D eigenvalue weighted by Crippen LogP contribution is 2.18. The Morgan fingerprint density at radius 1 is 1.43 bits per heavy atom. The van der Waals surface area contributed by atoms with E-state index in [4.69, 9.17) is 5.73 Å². The van der Waals surface area contributed by atoms with Gasteiger partial charge in [0.1, 0.15) is 0 Å². The van der Waals surface area contributed by atoms with Crippen molar-refractivity contribution < 1.29 is 0 Å². The van der Waals surface area contributed by atoms with Crippen LogP contribution in [0, 0.1) is 6.92 Å². The number of aryl methyl sites for hydroxylation is 1. The van der Waals surface area contributed by atoms with Gasteiger partial charge in [-0.25, -0.2) is 9.97 Å². The van der Waals surface area contributed by atoms with Gasteiger partial charge in [0, 0.05) is 28.7 Å². The van der Waals surface area contributed by atoms with Gasteiger partial charge in [0.2, 0.25) is 0 Å². The Hall–Kier alpha value is -0.780. The molecule has 0 aliphatic rings. The van der Waals surface area contributed by atoms with Gasteiger partial charge in [-0.3, -0.25) is 0 Å². The molecular weight excluding hydrogens is 214 g/mol. The molecular formula is C9H11N3S2. The maximum Gasteiger partial charge on any atom is 0.0996 e. The molecule has 0 amide bonds. The maximum atomic E-state index is 5.52. The van der Waals surface area contributed by atoms with E-state index in [2.05, 4.69) is 15.3 Å².